The van der Waals surface area contributed by atoms with Crippen molar-refractivity contribution >= 4 is 11.6 Å². The lowest BCUT2D eigenvalue weighted by Gasteiger charge is -2.10. The van der Waals surface area contributed by atoms with Crippen molar-refractivity contribution in [2.75, 3.05) is 39.4 Å². The third kappa shape index (κ3) is 5.18. The summed E-state index contributed by atoms with van der Waals surface area (Å²) in [6, 6.07) is 15.5. The molecule has 2 aromatic carbocycles. The van der Waals surface area contributed by atoms with Crippen LogP contribution in [0.4, 0.5) is 5.69 Å². The standard InChI is InChI=1S/C21H24N4O4/c1-15-7-4-5-10-18(15)20-23-21(29-12-11-27-2)24-25(20)17-9-6-8-16(13-17)22-19(26)14-28-3/h4-10,13H,11-12,14H2,1-3H3,(H,22,26). The number of hydrogen-bond acceptors (Lipinski definition) is 6. The highest BCUT2D eigenvalue weighted by Crippen LogP contribution is 2.27. The van der Waals surface area contributed by atoms with Crippen LogP contribution in [0, 0.1) is 6.92 Å². The van der Waals surface area contributed by atoms with Crippen molar-refractivity contribution in [1.82, 2.24) is 14.8 Å². The van der Waals surface area contributed by atoms with Crippen molar-refractivity contribution in [3.63, 3.8) is 0 Å². The fraction of sp³-hybridized carbons (Fsp3) is 0.286. The summed E-state index contributed by atoms with van der Waals surface area (Å²) in [5.41, 5.74) is 3.38. The first kappa shape index (κ1) is 20.5. The molecular weight excluding hydrogens is 372 g/mol. The van der Waals surface area contributed by atoms with Crippen molar-refractivity contribution in [3.8, 4) is 23.1 Å². The van der Waals surface area contributed by atoms with E-state index in [2.05, 4.69) is 15.4 Å². The van der Waals surface area contributed by atoms with Gasteiger partial charge in [0, 0.05) is 25.5 Å². The van der Waals surface area contributed by atoms with Crippen molar-refractivity contribution in [2.45, 2.75) is 6.92 Å². The first-order valence-electron chi connectivity index (χ1n) is 9.16. The third-order valence-corrected chi connectivity index (χ3v) is 4.14. The monoisotopic (exact) mass is 396 g/mol. The van der Waals surface area contributed by atoms with Gasteiger partial charge in [-0.15, -0.1) is 5.10 Å². The molecule has 1 amide bonds. The van der Waals surface area contributed by atoms with Crippen LogP contribution in [-0.2, 0) is 14.3 Å². The molecule has 0 aliphatic heterocycles. The molecular formula is C21H24N4O4. The molecule has 152 valence electrons. The van der Waals surface area contributed by atoms with E-state index >= 15 is 0 Å². The van der Waals surface area contributed by atoms with E-state index in [1.54, 1.807) is 17.9 Å². The van der Waals surface area contributed by atoms with Gasteiger partial charge >= 0.3 is 6.01 Å². The second-order valence-electron chi connectivity index (χ2n) is 6.32. The molecule has 3 aromatic rings. The highest BCUT2D eigenvalue weighted by atomic mass is 16.5. The Morgan fingerprint density at radius 2 is 1.90 bits per heavy atom. The molecule has 29 heavy (non-hydrogen) atoms. The van der Waals surface area contributed by atoms with Crippen LogP contribution >= 0.6 is 0 Å². The second-order valence-corrected chi connectivity index (χ2v) is 6.32. The zero-order chi connectivity index (χ0) is 20.6. The molecule has 0 aliphatic rings. The fourth-order valence-electron chi connectivity index (χ4n) is 2.79. The van der Waals surface area contributed by atoms with Crippen LogP contribution < -0.4 is 10.1 Å². The smallest absolute Gasteiger partial charge is 0.336 e. The van der Waals surface area contributed by atoms with E-state index in [1.807, 2.05) is 49.4 Å². The summed E-state index contributed by atoms with van der Waals surface area (Å²) in [5, 5.41) is 7.32. The van der Waals surface area contributed by atoms with Crippen LogP contribution in [0.5, 0.6) is 6.01 Å². The van der Waals surface area contributed by atoms with Gasteiger partial charge in [-0.2, -0.15) is 4.98 Å². The fourth-order valence-corrected chi connectivity index (χ4v) is 2.79. The summed E-state index contributed by atoms with van der Waals surface area (Å²) in [6.07, 6.45) is 0. The van der Waals surface area contributed by atoms with Gasteiger partial charge in [0.05, 0.1) is 12.3 Å². The summed E-state index contributed by atoms with van der Waals surface area (Å²) in [6.45, 7) is 2.79. The maximum atomic E-state index is 11.8. The Morgan fingerprint density at radius 3 is 2.66 bits per heavy atom. The van der Waals surface area contributed by atoms with Gasteiger partial charge < -0.3 is 19.5 Å². The predicted molar refractivity (Wildman–Crippen MR) is 109 cm³/mol. The lowest BCUT2D eigenvalue weighted by molar-refractivity contribution is -0.119. The van der Waals surface area contributed by atoms with Crippen molar-refractivity contribution in [1.29, 1.82) is 0 Å². The van der Waals surface area contributed by atoms with Gasteiger partial charge in [-0.1, -0.05) is 30.3 Å². The number of ether oxygens (including phenoxy) is 3. The number of amides is 1. The minimum atomic E-state index is -0.231. The second kappa shape index (κ2) is 9.81. The number of nitrogens with one attached hydrogen (secondary N) is 1. The van der Waals surface area contributed by atoms with E-state index in [0.29, 0.717) is 24.7 Å². The van der Waals surface area contributed by atoms with Gasteiger partial charge in [0.15, 0.2) is 5.82 Å². The van der Waals surface area contributed by atoms with Crippen LogP contribution in [0.25, 0.3) is 17.1 Å². The number of hydrogen-bond donors (Lipinski definition) is 1. The number of nitrogens with zero attached hydrogens (tertiary/aromatic N) is 3. The molecule has 0 atom stereocenters. The predicted octanol–water partition coefficient (Wildman–Crippen LogP) is 2.85. The lowest BCUT2D eigenvalue weighted by Crippen LogP contribution is -2.17. The van der Waals surface area contributed by atoms with Gasteiger partial charge in [0.25, 0.3) is 0 Å². The van der Waals surface area contributed by atoms with Gasteiger partial charge in [-0.05, 0) is 30.7 Å². The normalized spacial score (nSPS) is 10.7. The number of carbonyl (C=O) groups is 1. The lowest BCUT2D eigenvalue weighted by atomic mass is 10.1. The molecule has 3 rings (SSSR count). The Bertz CT molecular complexity index is 971. The number of methoxy groups -OCH3 is 2. The summed E-state index contributed by atoms with van der Waals surface area (Å²) in [4.78, 5) is 16.4. The van der Waals surface area contributed by atoms with E-state index < -0.39 is 0 Å². The average molecular weight is 396 g/mol. The molecule has 0 saturated carbocycles. The number of aryl methyl sites for hydroxylation is 1. The van der Waals surface area contributed by atoms with E-state index in [-0.39, 0.29) is 18.5 Å². The molecule has 0 aliphatic carbocycles. The molecule has 0 spiro atoms. The first-order chi connectivity index (χ1) is 14.1. The van der Waals surface area contributed by atoms with Crippen LogP contribution in [-0.4, -0.2) is 54.7 Å². The first-order valence-corrected chi connectivity index (χ1v) is 9.16. The maximum Gasteiger partial charge on any atom is 0.336 e. The maximum absolute atomic E-state index is 11.8. The van der Waals surface area contributed by atoms with Crippen LogP contribution in [0.15, 0.2) is 48.5 Å². The number of carbonyl (C=O) groups excluding carboxylic acids is 1. The van der Waals surface area contributed by atoms with Crippen LogP contribution in [0.2, 0.25) is 0 Å². The van der Waals surface area contributed by atoms with E-state index in [9.17, 15) is 4.79 Å². The number of benzene rings is 2. The summed E-state index contributed by atoms with van der Waals surface area (Å²) in [7, 11) is 3.09. The SMILES string of the molecule is COCCOc1nc(-c2ccccc2C)n(-c2cccc(NC(=O)COC)c2)n1. The number of anilines is 1. The Hall–Kier alpha value is -3.23. The molecule has 8 heteroatoms. The topological polar surface area (TPSA) is 87.5 Å². The number of rotatable bonds is 9. The Kier molecular flexibility index (Phi) is 6.94. The Morgan fingerprint density at radius 1 is 1.07 bits per heavy atom. The highest BCUT2D eigenvalue weighted by molar-refractivity contribution is 5.92. The molecule has 0 unspecified atom stereocenters. The highest BCUT2D eigenvalue weighted by Gasteiger charge is 2.16. The van der Waals surface area contributed by atoms with E-state index in [0.717, 1.165) is 16.8 Å². The molecule has 0 fully saturated rings. The quantitative estimate of drug-likeness (QED) is 0.560. The van der Waals surface area contributed by atoms with Gasteiger partial charge in [0.2, 0.25) is 5.91 Å². The molecule has 1 heterocycles. The molecule has 1 aromatic heterocycles. The van der Waals surface area contributed by atoms with Crippen molar-refractivity contribution in [3.05, 3.63) is 54.1 Å². The zero-order valence-corrected chi connectivity index (χ0v) is 16.7. The van der Waals surface area contributed by atoms with Crippen LogP contribution in [0.3, 0.4) is 0 Å². The molecule has 8 nitrogen and oxygen atoms in total. The van der Waals surface area contributed by atoms with E-state index in [4.69, 9.17) is 14.2 Å². The minimum absolute atomic E-state index is 0.0144. The Balaban J connectivity index is 1.99. The molecule has 1 N–H and O–H groups in total. The van der Waals surface area contributed by atoms with Gasteiger partial charge in [-0.3, -0.25) is 4.79 Å². The van der Waals surface area contributed by atoms with Crippen LogP contribution in [0.1, 0.15) is 5.56 Å². The summed E-state index contributed by atoms with van der Waals surface area (Å²) < 4.78 is 17.2. The molecule has 0 radical (unpaired) electrons. The van der Waals surface area contributed by atoms with Gasteiger partial charge in [-0.25, -0.2) is 4.68 Å². The molecule has 0 saturated heterocycles. The van der Waals surface area contributed by atoms with E-state index in [1.165, 1.54) is 7.11 Å². The van der Waals surface area contributed by atoms with Crippen molar-refractivity contribution < 1.29 is 19.0 Å². The third-order valence-electron chi connectivity index (χ3n) is 4.14. The molecule has 0 bridgehead atoms. The zero-order valence-electron chi connectivity index (χ0n) is 16.7. The summed E-state index contributed by atoms with van der Waals surface area (Å²) in [5.74, 6) is 0.418. The average Bonchev–Trinajstić information content (AvgIpc) is 3.13. The summed E-state index contributed by atoms with van der Waals surface area (Å²) >= 11 is 0. The number of aromatic nitrogens is 3. The Labute approximate surface area is 169 Å². The largest absolute Gasteiger partial charge is 0.460 e. The van der Waals surface area contributed by atoms with Crippen molar-refractivity contribution in [2.24, 2.45) is 0 Å². The van der Waals surface area contributed by atoms with Gasteiger partial charge in [0.1, 0.15) is 13.2 Å². The minimum Gasteiger partial charge on any atom is -0.460 e.